The van der Waals surface area contributed by atoms with E-state index in [1.807, 2.05) is 49.4 Å². The van der Waals surface area contributed by atoms with E-state index in [0.29, 0.717) is 31.9 Å². The van der Waals surface area contributed by atoms with Crippen molar-refractivity contribution in [1.29, 1.82) is 0 Å². The number of hydrogen-bond donors (Lipinski definition) is 4. The number of aryl methyl sites for hydroxylation is 1. The van der Waals surface area contributed by atoms with E-state index in [4.69, 9.17) is 14.2 Å². The first-order chi connectivity index (χ1) is 32.6. The fourth-order valence-corrected chi connectivity index (χ4v) is 11.5. The third-order valence-corrected chi connectivity index (χ3v) is 15.4. The number of rotatable bonds is 18. The Hall–Kier alpha value is -5.23. The lowest BCUT2D eigenvalue weighted by Crippen LogP contribution is -2.63. The Balaban J connectivity index is 1.29. The van der Waals surface area contributed by atoms with Crippen LogP contribution in [-0.4, -0.2) is 120 Å². The summed E-state index contributed by atoms with van der Waals surface area (Å²) in [6, 6.07) is 24.4. The molecule has 3 fully saturated rings. The van der Waals surface area contributed by atoms with E-state index in [0.717, 1.165) is 58.3 Å². The van der Waals surface area contributed by atoms with Crippen LogP contribution in [0.4, 0.5) is 0 Å². The van der Waals surface area contributed by atoms with Gasteiger partial charge < -0.3 is 40.0 Å². The van der Waals surface area contributed by atoms with Gasteiger partial charge in [0.05, 0.1) is 42.2 Å². The third-order valence-electron chi connectivity index (χ3n) is 13.4. The molecular formula is C52H66N4O11S. The van der Waals surface area contributed by atoms with Gasteiger partial charge in [0.1, 0.15) is 18.2 Å². The minimum absolute atomic E-state index is 0.0329. The van der Waals surface area contributed by atoms with E-state index in [1.165, 1.54) is 12.1 Å². The number of ether oxygens (including phenoxy) is 3. The zero-order valence-corrected chi connectivity index (χ0v) is 40.2. The number of benzene rings is 4. The van der Waals surface area contributed by atoms with E-state index in [9.17, 15) is 28.2 Å². The summed E-state index contributed by atoms with van der Waals surface area (Å²) in [6.45, 7) is 8.10. The SMILES string of the molecule is Cc1ccc(S(=O)(=O)N2[C@@H](C)[C@@H](c3ccccc3)O[C@H]2[C@@H](O)[C@H](NC(=O)[C@@H](CC(=O)N2CCOCC2)Cc2cccc3ccccc23)C(=O)N[C@@H](CC2CCCCC2)[C@@H](O)C(=O)OC(C)C)cc1. The van der Waals surface area contributed by atoms with Crippen LogP contribution in [0, 0.1) is 18.8 Å². The van der Waals surface area contributed by atoms with Gasteiger partial charge in [-0.25, -0.2) is 13.2 Å². The monoisotopic (exact) mass is 954 g/mol. The van der Waals surface area contributed by atoms with E-state index < -0.39 is 82.5 Å². The molecule has 1 aliphatic carbocycles. The van der Waals surface area contributed by atoms with Gasteiger partial charge >= 0.3 is 5.97 Å². The Morgan fingerprint density at radius 3 is 2.18 bits per heavy atom. The van der Waals surface area contributed by atoms with Crippen molar-refractivity contribution >= 4 is 44.5 Å². The number of sulfonamides is 1. The topological polar surface area (TPSA) is 201 Å². The van der Waals surface area contributed by atoms with Crippen LogP contribution < -0.4 is 10.6 Å². The summed E-state index contributed by atoms with van der Waals surface area (Å²) < 4.78 is 48.1. The van der Waals surface area contributed by atoms with Gasteiger partial charge in [0.25, 0.3) is 0 Å². The Kier molecular flexibility index (Phi) is 17.1. The Labute approximate surface area is 399 Å². The van der Waals surface area contributed by atoms with Crippen molar-refractivity contribution in [3.05, 3.63) is 114 Å². The maximum Gasteiger partial charge on any atom is 0.337 e. The maximum atomic E-state index is 15.1. The average Bonchev–Trinajstić information content (AvgIpc) is 3.70. The van der Waals surface area contributed by atoms with Gasteiger partial charge in [-0.1, -0.05) is 123 Å². The van der Waals surface area contributed by atoms with Crippen molar-refractivity contribution in [3.8, 4) is 0 Å². The first kappa shape index (κ1) is 50.6. The molecule has 3 aliphatic rings. The Bertz CT molecular complexity index is 2450. The number of fused-ring (bicyclic) bond motifs is 1. The lowest BCUT2D eigenvalue weighted by atomic mass is 9.83. The van der Waals surface area contributed by atoms with Crippen molar-refractivity contribution in [3.63, 3.8) is 0 Å². The second-order valence-electron chi connectivity index (χ2n) is 18.7. The smallest absolute Gasteiger partial charge is 0.337 e. The summed E-state index contributed by atoms with van der Waals surface area (Å²) in [7, 11) is -4.47. The van der Waals surface area contributed by atoms with Crippen LogP contribution in [0.2, 0.25) is 0 Å². The average molecular weight is 955 g/mol. The molecule has 4 aromatic rings. The lowest BCUT2D eigenvalue weighted by molar-refractivity contribution is -0.160. The molecule has 0 radical (unpaired) electrons. The van der Waals surface area contributed by atoms with Crippen molar-refractivity contribution in [2.24, 2.45) is 11.8 Å². The maximum absolute atomic E-state index is 15.1. The molecule has 366 valence electrons. The molecule has 4 N–H and O–H groups in total. The first-order valence-corrected chi connectivity index (χ1v) is 25.4. The summed E-state index contributed by atoms with van der Waals surface area (Å²) in [4.78, 5) is 59.1. The predicted molar refractivity (Wildman–Crippen MR) is 255 cm³/mol. The Morgan fingerprint density at radius 2 is 1.49 bits per heavy atom. The standard InChI is InChI=1S/C52H66N4O11S/c1-33(2)66-52(62)46(58)43(30-36-14-7-5-8-15-36)53-50(61)45(47(59)51-56(68(63,64)41-24-22-34(3)23-25-41)35(4)48(67-51)38-17-9-6-10-18-38)54-49(60)40(32-44(57)55-26-28-65-29-27-55)31-39-20-13-19-37-16-11-12-21-42(37)39/h6,9-13,16-25,33,35-36,40,43,45-48,51,58-59H,5,7-8,14-15,26-32H2,1-4H3,(H,53,61)(H,54,60)/t35-,40+,43-,45-,46+,47-,48-,51-/m0/s1. The molecule has 3 amide bonds. The van der Waals surface area contributed by atoms with Crippen LogP contribution >= 0.6 is 0 Å². The van der Waals surface area contributed by atoms with Gasteiger partial charge in [-0.3, -0.25) is 14.4 Å². The molecular weight excluding hydrogens is 889 g/mol. The van der Waals surface area contributed by atoms with Crippen molar-refractivity contribution in [1.82, 2.24) is 19.8 Å². The first-order valence-electron chi connectivity index (χ1n) is 23.9. The minimum atomic E-state index is -4.47. The van der Waals surface area contributed by atoms with E-state index in [1.54, 1.807) is 68.1 Å². The highest BCUT2D eigenvalue weighted by molar-refractivity contribution is 7.89. The highest BCUT2D eigenvalue weighted by atomic mass is 32.2. The summed E-state index contributed by atoms with van der Waals surface area (Å²) in [6.07, 6.45) is -2.65. The molecule has 2 heterocycles. The third kappa shape index (κ3) is 12.1. The molecule has 16 heteroatoms. The summed E-state index contributed by atoms with van der Waals surface area (Å²) in [5, 5.41) is 31.7. The molecule has 68 heavy (non-hydrogen) atoms. The molecule has 2 aliphatic heterocycles. The largest absolute Gasteiger partial charge is 0.461 e. The van der Waals surface area contributed by atoms with Crippen molar-refractivity contribution in [2.75, 3.05) is 26.3 Å². The van der Waals surface area contributed by atoms with Crippen molar-refractivity contribution in [2.45, 2.75) is 133 Å². The van der Waals surface area contributed by atoms with E-state index in [2.05, 4.69) is 10.6 Å². The van der Waals surface area contributed by atoms with Crippen LogP contribution in [0.1, 0.15) is 88.5 Å². The van der Waals surface area contributed by atoms with Crippen LogP contribution in [0.5, 0.6) is 0 Å². The molecule has 15 nitrogen and oxygen atoms in total. The number of morpholine rings is 1. The number of carbonyl (C=O) groups is 4. The molecule has 0 spiro atoms. The second-order valence-corrected chi connectivity index (χ2v) is 20.6. The minimum Gasteiger partial charge on any atom is -0.461 e. The number of carbonyl (C=O) groups excluding carboxylic acids is 4. The molecule has 0 aromatic heterocycles. The molecule has 2 saturated heterocycles. The van der Waals surface area contributed by atoms with Gasteiger partial charge in [-0.2, -0.15) is 4.31 Å². The number of aliphatic hydroxyl groups is 2. The fourth-order valence-electron chi connectivity index (χ4n) is 9.78. The summed E-state index contributed by atoms with van der Waals surface area (Å²) in [5.74, 6) is -4.07. The van der Waals surface area contributed by atoms with Crippen LogP contribution in [0.25, 0.3) is 10.8 Å². The molecule has 8 atom stereocenters. The fraction of sp³-hybridized carbons (Fsp3) is 0.500. The second kappa shape index (κ2) is 22.9. The number of aliphatic hydroxyl groups excluding tert-OH is 2. The van der Waals surface area contributed by atoms with Crippen LogP contribution in [0.15, 0.2) is 102 Å². The highest BCUT2D eigenvalue weighted by Crippen LogP contribution is 2.41. The van der Waals surface area contributed by atoms with Gasteiger partial charge in [0.15, 0.2) is 12.3 Å². The zero-order valence-electron chi connectivity index (χ0n) is 39.4. The van der Waals surface area contributed by atoms with Crippen molar-refractivity contribution < 1.29 is 52.0 Å². The molecule has 7 rings (SSSR count). The van der Waals surface area contributed by atoms with Crippen LogP contribution in [-0.2, 0) is 49.8 Å². The highest BCUT2D eigenvalue weighted by Gasteiger charge is 2.53. The quantitative estimate of drug-likeness (QED) is 0.0938. The summed E-state index contributed by atoms with van der Waals surface area (Å²) >= 11 is 0. The molecule has 0 unspecified atom stereocenters. The van der Waals surface area contributed by atoms with E-state index >= 15 is 9.59 Å². The van der Waals surface area contributed by atoms with Gasteiger partial charge in [-0.05, 0) is 80.5 Å². The number of nitrogens with one attached hydrogen (secondary N) is 2. The van der Waals surface area contributed by atoms with E-state index in [-0.39, 0.29) is 36.0 Å². The number of amides is 3. The molecule has 0 bridgehead atoms. The van der Waals surface area contributed by atoms with Gasteiger partial charge in [0.2, 0.25) is 27.7 Å². The predicted octanol–water partition coefficient (Wildman–Crippen LogP) is 5.35. The van der Waals surface area contributed by atoms with Gasteiger partial charge in [0, 0.05) is 19.5 Å². The zero-order chi connectivity index (χ0) is 48.5. The van der Waals surface area contributed by atoms with Gasteiger partial charge in [-0.15, -0.1) is 0 Å². The number of hydrogen-bond acceptors (Lipinski definition) is 11. The molecule has 1 saturated carbocycles. The Morgan fingerprint density at radius 1 is 0.824 bits per heavy atom. The summed E-state index contributed by atoms with van der Waals surface area (Å²) in [5.41, 5.74) is 2.20. The molecule has 4 aromatic carbocycles. The van der Waals surface area contributed by atoms with Crippen LogP contribution in [0.3, 0.4) is 0 Å². The number of esters is 1. The normalized spacial score (nSPS) is 21.7. The number of nitrogens with zero attached hydrogens (tertiary/aromatic N) is 2. The lowest BCUT2D eigenvalue weighted by Gasteiger charge is -2.35.